The molecule has 3 amide bonds. The summed E-state index contributed by atoms with van der Waals surface area (Å²) >= 11 is 0. The number of hydrogen-bond acceptors (Lipinski definition) is 3. The van der Waals surface area contributed by atoms with Crippen LogP contribution in [0.25, 0.3) is 0 Å². The molecule has 1 unspecified atom stereocenters. The smallest absolute Gasteiger partial charge is 0.322 e. The standard InChI is InChI=1S/C16H20FN3O2/c1-16(14(21)18-15(22)19-16)12-6-8-20(9-7-12)10-11-2-4-13(17)5-3-11/h2-5,12H,6-10H2,1H3,(H2,18,19,21,22). The molecule has 0 aromatic heterocycles. The highest BCUT2D eigenvalue weighted by atomic mass is 19.1. The predicted molar refractivity (Wildman–Crippen MR) is 79.5 cm³/mol. The van der Waals surface area contributed by atoms with Crippen molar-refractivity contribution in [2.24, 2.45) is 5.92 Å². The molecule has 0 aliphatic carbocycles. The maximum absolute atomic E-state index is 12.9. The number of likely N-dealkylation sites (tertiary alicyclic amines) is 1. The summed E-state index contributed by atoms with van der Waals surface area (Å²) in [5.41, 5.74) is 0.289. The van der Waals surface area contributed by atoms with Crippen LogP contribution in [0.3, 0.4) is 0 Å². The Labute approximate surface area is 128 Å². The highest BCUT2D eigenvalue weighted by Gasteiger charge is 2.48. The maximum atomic E-state index is 12.9. The molecule has 2 saturated heterocycles. The second-order valence-corrected chi connectivity index (χ2v) is 6.29. The summed E-state index contributed by atoms with van der Waals surface area (Å²) in [6, 6.07) is 6.14. The summed E-state index contributed by atoms with van der Waals surface area (Å²) in [7, 11) is 0. The topological polar surface area (TPSA) is 61.4 Å². The Hall–Kier alpha value is -1.95. The molecular formula is C16H20FN3O2. The maximum Gasteiger partial charge on any atom is 0.322 e. The van der Waals surface area contributed by atoms with E-state index in [1.165, 1.54) is 12.1 Å². The van der Waals surface area contributed by atoms with Crippen LogP contribution in [0.2, 0.25) is 0 Å². The third-order valence-corrected chi connectivity index (χ3v) is 4.80. The molecule has 2 aliphatic heterocycles. The molecule has 3 rings (SSSR count). The van der Waals surface area contributed by atoms with E-state index in [1.807, 2.05) is 0 Å². The third-order valence-electron chi connectivity index (χ3n) is 4.80. The molecule has 2 N–H and O–H groups in total. The quantitative estimate of drug-likeness (QED) is 0.835. The van der Waals surface area contributed by atoms with E-state index in [0.717, 1.165) is 38.0 Å². The molecule has 2 heterocycles. The molecule has 0 spiro atoms. The van der Waals surface area contributed by atoms with Gasteiger partial charge in [-0.15, -0.1) is 0 Å². The lowest BCUT2D eigenvalue weighted by Crippen LogP contribution is -2.53. The van der Waals surface area contributed by atoms with Gasteiger partial charge >= 0.3 is 6.03 Å². The van der Waals surface area contributed by atoms with E-state index in [0.29, 0.717) is 0 Å². The van der Waals surface area contributed by atoms with Crippen LogP contribution >= 0.6 is 0 Å². The minimum atomic E-state index is -0.793. The number of halogens is 1. The van der Waals surface area contributed by atoms with Crippen LogP contribution in [-0.4, -0.2) is 35.5 Å². The molecule has 1 aromatic rings. The second kappa shape index (κ2) is 5.68. The Balaban J connectivity index is 1.57. The first-order chi connectivity index (χ1) is 10.5. The van der Waals surface area contributed by atoms with Crippen LogP contribution in [0.5, 0.6) is 0 Å². The molecule has 2 aliphatic rings. The van der Waals surface area contributed by atoms with E-state index in [2.05, 4.69) is 15.5 Å². The van der Waals surface area contributed by atoms with Gasteiger partial charge in [-0.05, 0) is 56.5 Å². The first kappa shape index (κ1) is 15.0. The Bertz CT molecular complexity index is 582. The fourth-order valence-corrected chi connectivity index (χ4v) is 3.36. The molecule has 0 saturated carbocycles. The molecule has 118 valence electrons. The van der Waals surface area contributed by atoms with Crippen LogP contribution < -0.4 is 10.6 Å². The first-order valence-electron chi connectivity index (χ1n) is 7.58. The van der Waals surface area contributed by atoms with Crippen molar-refractivity contribution in [3.05, 3.63) is 35.6 Å². The predicted octanol–water partition coefficient (Wildman–Crippen LogP) is 1.64. The number of nitrogens with one attached hydrogen (secondary N) is 2. The number of rotatable bonds is 3. The van der Waals surface area contributed by atoms with Crippen molar-refractivity contribution >= 4 is 11.9 Å². The second-order valence-electron chi connectivity index (χ2n) is 6.29. The van der Waals surface area contributed by atoms with E-state index in [1.54, 1.807) is 19.1 Å². The van der Waals surface area contributed by atoms with Gasteiger partial charge < -0.3 is 5.32 Å². The zero-order valence-electron chi connectivity index (χ0n) is 12.6. The fourth-order valence-electron chi connectivity index (χ4n) is 3.36. The summed E-state index contributed by atoms with van der Waals surface area (Å²) < 4.78 is 12.9. The summed E-state index contributed by atoms with van der Waals surface area (Å²) in [5.74, 6) is -0.309. The molecule has 5 nitrogen and oxygen atoms in total. The number of carbonyl (C=O) groups excluding carboxylic acids is 2. The third kappa shape index (κ3) is 2.83. The highest BCUT2D eigenvalue weighted by Crippen LogP contribution is 2.31. The highest BCUT2D eigenvalue weighted by molar-refractivity contribution is 6.06. The zero-order valence-corrected chi connectivity index (χ0v) is 12.6. The Morgan fingerprint density at radius 3 is 2.41 bits per heavy atom. The summed E-state index contributed by atoms with van der Waals surface area (Å²) in [5, 5.41) is 5.08. The van der Waals surface area contributed by atoms with Crippen LogP contribution in [-0.2, 0) is 11.3 Å². The van der Waals surface area contributed by atoms with Gasteiger partial charge in [0.2, 0.25) is 0 Å². The van der Waals surface area contributed by atoms with Gasteiger partial charge in [-0.2, -0.15) is 0 Å². The fraction of sp³-hybridized carbons (Fsp3) is 0.500. The van der Waals surface area contributed by atoms with Gasteiger partial charge in [0.05, 0.1) is 0 Å². The van der Waals surface area contributed by atoms with Gasteiger partial charge in [0.1, 0.15) is 11.4 Å². The van der Waals surface area contributed by atoms with Crippen molar-refractivity contribution in [2.45, 2.75) is 31.8 Å². The minimum absolute atomic E-state index is 0.142. The van der Waals surface area contributed by atoms with Gasteiger partial charge in [-0.25, -0.2) is 9.18 Å². The summed E-state index contributed by atoms with van der Waals surface area (Å²) in [6.45, 7) is 4.30. The van der Waals surface area contributed by atoms with Crippen LogP contribution in [0, 0.1) is 11.7 Å². The number of piperidine rings is 1. The van der Waals surface area contributed by atoms with Crippen molar-refractivity contribution in [1.29, 1.82) is 0 Å². The Morgan fingerprint density at radius 2 is 1.86 bits per heavy atom. The van der Waals surface area contributed by atoms with E-state index in [4.69, 9.17) is 0 Å². The average Bonchev–Trinajstić information content (AvgIpc) is 2.76. The Kier molecular flexibility index (Phi) is 3.87. The van der Waals surface area contributed by atoms with Gasteiger partial charge in [-0.3, -0.25) is 15.0 Å². The number of urea groups is 1. The van der Waals surface area contributed by atoms with Gasteiger partial charge in [0.15, 0.2) is 0 Å². The average molecular weight is 305 g/mol. The largest absolute Gasteiger partial charge is 0.323 e. The zero-order chi connectivity index (χ0) is 15.7. The molecule has 1 atom stereocenters. The van der Waals surface area contributed by atoms with E-state index >= 15 is 0 Å². The van der Waals surface area contributed by atoms with E-state index < -0.39 is 11.6 Å². The number of imide groups is 1. The lowest BCUT2D eigenvalue weighted by atomic mass is 9.79. The molecule has 0 bridgehead atoms. The van der Waals surface area contributed by atoms with Crippen LogP contribution in [0.15, 0.2) is 24.3 Å². The first-order valence-corrected chi connectivity index (χ1v) is 7.58. The van der Waals surface area contributed by atoms with Crippen molar-refractivity contribution in [3.8, 4) is 0 Å². The summed E-state index contributed by atoms with van der Waals surface area (Å²) in [4.78, 5) is 25.6. The molecule has 6 heteroatoms. The number of amides is 3. The van der Waals surface area contributed by atoms with Crippen LogP contribution in [0.1, 0.15) is 25.3 Å². The van der Waals surface area contributed by atoms with Crippen molar-refractivity contribution in [2.75, 3.05) is 13.1 Å². The molecule has 22 heavy (non-hydrogen) atoms. The van der Waals surface area contributed by atoms with E-state index in [-0.39, 0.29) is 17.6 Å². The van der Waals surface area contributed by atoms with Crippen molar-refractivity contribution < 1.29 is 14.0 Å². The lowest BCUT2D eigenvalue weighted by Gasteiger charge is -2.38. The van der Waals surface area contributed by atoms with Gasteiger partial charge in [0.25, 0.3) is 5.91 Å². The van der Waals surface area contributed by atoms with Crippen molar-refractivity contribution in [1.82, 2.24) is 15.5 Å². The SMILES string of the molecule is CC1(C2CCN(Cc3ccc(F)cc3)CC2)NC(=O)NC1=O. The lowest BCUT2D eigenvalue weighted by molar-refractivity contribution is -0.125. The number of benzene rings is 1. The van der Waals surface area contributed by atoms with Crippen molar-refractivity contribution in [3.63, 3.8) is 0 Å². The van der Waals surface area contributed by atoms with Gasteiger partial charge in [-0.1, -0.05) is 12.1 Å². The molecule has 1 aromatic carbocycles. The minimum Gasteiger partial charge on any atom is -0.323 e. The molecular weight excluding hydrogens is 285 g/mol. The molecule has 0 radical (unpaired) electrons. The summed E-state index contributed by atoms with van der Waals surface area (Å²) in [6.07, 6.45) is 1.71. The van der Waals surface area contributed by atoms with Gasteiger partial charge in [0, 0.05) is 6.54 Å². The monoisotopic (exact) mass is 305 g/mol. The normalized spacial score (nSPS) is 26.8. The van der Waals surface area contributed by atoms with Crippen LogP contribution in [0.4, 0.5) is 9.18 Å². The molecule has 2 fully saturated rings. The number of nitrogens with zero attached hydrogens (tertiary/aromatic N) is 1. The number of hydrogen-bond donors (Lipinski definition) is 2. The Morgan fingerprint density at radius 1 is 1.23 bits per heavy atom. The van der Waals surface area contributed by atoms with E-state index in [9.17, 15) is 14.0 Å². The number of carbonyl (C=O) groups is 2.